The van der Waals surface area contributed by atoms with Gasteiger partial charge in [-0.05, 0) is 12.1 Å². The highest BCUT2D eigenvalue weighted by molar-refractivity contribution is 6.01. The van der Waals surface area contributed by atoms with E-state index in [-0.39, 0.29) is 10.3 Å². The molecular formula is C10H6N2O4. The Balaban J connectivity index is 2.72. The number of nitrogens with one attached hydrogen (secondary N) is 1. The molecule has 6 heteroatoms. The maximum atomic E-state index is 11.5. The molecule has 0 saturated carbocycles. The molecule has 0 spiro atoms. The Labute approximate surface area is 87.3 Å². The number of benzene rings is 1. The summed E-state index contributed by atoms with van der Waals surface area (Å²) in [6.07, 6.45) is 0. The van der Waals surface area contributed by atoms with E-state index in [0.29, 0.717) is 16.5 Å². The van der Waals surface area contributed by atoms with Crippen molar-refractivity contribution in [3.05, 3.63) is 45.1 Å². The fourth-order valence-corrected chi connectivity index (χ4v) is 1.67. The standard InChI is InChI=1S/C10H6N2O4/c13-9-8-7(11-10(14)12(9)15)5-3-1-2-4-6(5)16-8/h1-4,15H,(H,11,14). The molecule has 2 aromatic heterocycles. The van der Waals surface area contributed by atoms with Crippen LogP contribution in [0.1, 0.15) is 0 Å². The molecule has 16 heavy (non-hydrogen) atoms. The minimum atomic E-state index is -0.885. The highest BCUT2D eigenvalue weighted by atomic mass is 16.5. The topological polar surface area (TPSA) is 88.2 Å². The molecule has 0 fully saturated rings. The lowest BCUT2D eigenvalue weighted by molar-refractivity contribution is 0.161. The average Bonchev–Trinajstić information content (AvgIpc) is 2.65. The molecule has 3 rings (SSSR count). The monoisotopic (exact) mass is 218 g/mol. The number of rotatable bonds is 0. The van der Waals surface area contributed by atoms with Crippen molar-refractivity contribution in [1.82, 2.24) is 9.71 Å². The summed E-state index contributed by atoms with van der Waals surface area (Å²) in [6.45, 7) is 0. The first-order valence-corrected chi connectivity index (χ1v) is 4.54. The van der Waals surface area contributed by atoms with Gasteiger partial charge in [0.05, 0.1) is 0 Å². The fourth-order valence-electron chi connectivity index (χ4n) is 1.67. The molecule has 0 radical (unpaired) electrons. The second-order valence-electron chi connectivity index (χ2n) is 3.35. The van der Waals surface area contributed by atoms with Gasteiger partial charge in [0.1, 0.15) is 11.1 Å². The Bertz CT molecular complexity index is 809. The number of furan rings is 1. The summed E-state index contributed by atoms with van der Waals surface area (Å²) >= 11 is 0. The van der Waals surface area contributed by atoms with Crippen LogP contribution in [0, 0.1) is 0 Å². The van der Waals surface area contributed by atoms with Gasteiger partial charge in [-0.15, -0.1) is 0 Å². The molecule has 0 aliphatic rings. The van der Waals surface area contributed by atoms with Gasteiger partial charge in [-0.1, -0.05) is 16.9 Å². The summed E-state index contributed by atoms with van der Waals surface area (Å²) in [4.78, 5) is 25.1. The van der Waals surface area contributed by atoms with Gasteiger partial charge in [-0.25, -0.2) is 4.79 Å². The molecule has 80 valence electrons. The average molecular weight is 218 g/mol. The summed E-state index contributed by atoms with van der Waals surface area (Å²) in [5.41, 5.74) is -1.03. The highest BCUT2D eigenvalue weighted by Gasteiger charge is 2.13. The highest BCUT2D eigenvalue weighted by Crippen LogP contribution is 2.23. The number of hydrogen-bond acceptors (Lipinski definition) is 4. The van der Waals surface area contributed by atoms with E-state index in [1.54, 1.807) is 24.3 Å². The SMILES string of the molecule is O=c1[nH]c2c(oc3ccccc32)c(=O)n1O. The number of nitrogens with zero attached hydrogens (tertiary/aromatic N) is 1. The first-order chi connectivity index (χ1) is 7.68. The Hall–Kier alpha value is -2.50. The van der Waals surface area contributed by atoms with Crippen LogP contribution in [-0.4, -0.2) is 14.9 Å². The zero-order chi connectivity index (χ0) is 11.3. The van der Waals surface area contributed by atoms with Crippen molar-refractivity contribution in [2.45, 2.75) is 0 Å². The molecular weight excluding hydrogens is 212 g/mol. The number of hydrogen-bond donors (Lipinski definition) is 2. The van der Waals surface area contributed by atoms with Crippen LogP contribution < -0.4 is 11.2 Å². The van der Waals surface area contributed by atoms with E-state index in [2.05, 4.69) is 4.98 Å². The maximum Gasteiger partial charge on any atom is 0.362 e. The summed E-state index contributed by atoms with van der Waals surface area (Å²) in [5.74, 6) is 0. The molecule has 0 unspecified atom stereocenters. The number of fused-ring (bicyclic) bond motifs is 3. The lowest BCUT2D eigenvalue weighted by atomic mass is 10.2. The van der Waals surface area contributed by atoms with E-state index in [9.17, 15) is 9.59 Å². The molecule has 6 nitrogen and oxygen atoms in total. The second kappa shape index (κ2) is 2.75. The Morgan fingerprint density at radius 3 is 2.81 bits per heavy atom. The first kappa shape index (κ1) is 8.78. The van der Waals surface area contributed by atoms with Gasteiger partial charge in [-0.3, -0.25) is 4.79 Å². The van der Waals surface area contributed by atoms with Crippen molar-refractivity contribution < 1.29 is 9.62 Å². The molecule has 0 amide bonds. The van der Waals surface area contributed by atoms with E-state index in [0.717, 1.165) is 0 Å². The summed E-state index contributed by atoms with van der Waals surface area (Å²) in [5, 5.41) is 9.76. The molecule has 1 aromatic carbocycles. The molecule has 0 saturated heterocycles. The largest absolute Gasteiger partial charge is 0.448 e. The zero-order valence-corrected chi connectivity index (χ0v) is 7.93. The van der Waals surface area contributed by atoms with Crippen molar-refractivity contribution in [3.8, 4) is 0 Å². The number of para-hydroxylation sites is 1. The number of H-pyrrole nitrogens is 1. The molecule has 0 bridgehead atoms. The van der Waals surface area contributed by atoms with Crippen molar-refractivity contribution >= 4 is 22.1 Å². The Morgan fingerprint density at radius 2 is 2.00 bits per heavy atom. The second-order valence-corrected chi connectivity index (χ2v) is 3.35. The van der Waals surface area contributed by atoms with Crippen LogP contribution in [0.5, 0.6) is 0 Å². The van der Waals surface area contributed by atoms with Gasteiger partial charge in [0, 0.05) is 5.39 Å². The molecule has 0 aliphatic heterocycles. The van der Waals surface area contributed by atoms with Gasteiger partial charge in [0.2, 0.25) is 5.58 Å². The van der Waals surface area contributed by atoms with E-state index < -0.39 is 11.2 Å². The van der Waals surface area contributed by atoms with Crippen molar-refractivity contribution in [1.29, 1.82) is 0 Å². The Kier molecular flexibility index (Phi) is 1.51. The number of aromatic nitrogens is 2. The Morgan fingerprint density at radius 1 is 1.25 bits per heavy atom. The van der Waals surface area contributed by atoms with Crippen LogP contribution in [0.4, 0.5) is 0 Å². The molecule has 2 heterocycles. The third-order valence-corrected chi connectivity index (χ3v) is 2.41. The predicted octanol–water partition coefficient (Wildman–Crippen LogP) is 0.673. The molecule has 0 aliphatic carbocycles. The lowest BCUT2D eigenvalue weighted by Crippen LogP contribution is -2.32. The third-order valence-electron chi connectivity index (χ3n) is 2.41. The zero-order valence-electron chi connectivity index (χ0n) is 7.93. The number of aromatic amines is 1. The van der Waals surface area contributed by atoms with E-state index >= 15 is 0 Å². The van der Waals surface area contributed by atoms with Crippen LogP contribution in [0.3, 0.4) is 0 Å². The fraction of sp³-hybridized carbons (Fsp3) is 0. The van der Waals surface area contributed by atoms with E-state index in [1.807, 2.05) is 0 Å². The van der Waals surface area contributed by atoms with Gasteiger partial charge < -0.3 is 14.6 Å². The maximum absolute atomic E-state index is 11.5. The quantitative estimate of drug-likeness (QED) is 0.543. The smallest absolute Gasteiger partial charge is 0.362 e. The van der Waals surface area contributed by atoms with Crippen LogP contribution in [0.2, 0.25) is 0 Å². The third kappa shape index (κ3) is 0.952. The van der Waals surface area contributed by atoms with Crippen LogP contribution in [0.15, 0.2) is 38.3 Å². The molecule has 0 atom stereocenters. The van der Waals surface area contributed by atoms with Crippen molar-refractivity contribution in [2.24, 2.45) is 0 Å². The van der Waals surface area contributed by atoms with Crippen LogP contribution >= 0.6 is 0 Å². The van der Waals surface area contributed by atoms with E-state index in [1.165, 1.54) is 0 Å². The lowest BCUT2D eigenvalue weighted by Gasteiger charge is -1.92. The summed E-state index contributed by atoms with van der Waals surface area (Å²) in [6, 6.07) is 6.91. The predicted molar refractivity (Wildman–Crippen MR) is 55.8 cm³/mol. The van der Waals surface area contributed by atoms with E-state index in [4.69, 9.17) is 9.62 Å². The first-order valence-electron chi connectivity index (χ1n) is 4.54. The molecule has 2 N–H and O–H groups in total. The van der Waals surface area contributed by atoms with Crippen LogP contribution in [-0.2, 0) is 0 Å². The molecule has 3 aromatic rings. The minimum Gasteiger partial charge on any atom is -0.448 e. The van der Waals surface area contributed by atoms with Crippen molar-refractivity contribution in [3.63, 3.8) is 0 Å². The summed E-state index contributed by atoms with van der Waals surface area (Å²) in [7, 11) is 0. The van der Waals surface area contributed by atoms with Crippen molar-refractivity contribution in [2.75, 3.05) is 0 Å². The van der Waals surface area contributed by atoms with Gasteiger partial charge in [-0.2, -0.15) is 0 Å². The summed E-state index contributed by atoms with van der Waals surface area (Å²) < 4.78 is 5.25. The minimum absolute atomic E-state index is 0.00921. The normalized spacial score (nSPS) is 11.2. The van der Waals surface area contributed by atoms with Crippen LogP contribution in [0.25, 0.3) is 22.1 Å². The van der Waals surface area contributed by atoms with Gasteiger partial charge >= 0.3 is 11.2 Å². The van der Waals surface area contributed by atoms with Gasteiger partial charge in [0.25, 0.3) is 0 Å². The van der Waals surface area contributed by atoms with Gasteiger partial charge in [0.15, 0.2) is 0 Å².